The van der Waals surface area contributed by atoms with Gasteiger partial charge < -0.3 is 11.1 Å². The van der Waals surface area contributed by atoms with Crippen LogP contribution < -0.4 is 11.1 Å². The van der Waals surface area contributed by atoms with Crippen molar-refractivity contribution in [3.05, 3.63) is 0 Å². The molecule has 4 unspecified atom stereocenters. The largest absolute Gasteiger partial charge is 0.352 e. The smallest absolute Gasteiger partial charge is 0.223 e. The molecule has 0 aliphatic heterocycles. The van der Waals surface area contributed by atoms with E-state index in [9.17, 15) is 4.79 Å². The van der Waals surface area contributed by atoms with E-state index in [2.05, 4.69) is 12.2 Å². The van der Waals surface area contributed by atoms with Gasteiger partial charge in [0, 0.05) is 23.3 Å². The zero-order valence-electron chi connectivity index (χ0n) is 12.1. The predicted octanol–water partition coefficient (Wildman–Crippen LogP) is 2.68. The fourth-order valence-corrected chi connectivity index (χ4v) is 4.64. The molecule has 3 N–H and O–H groups in total. The number of nitrogens with two attached hydrogens (primary N) is 1. The van der Waals surface area contributed by atoms with Gasteiger partial charge in [-0.3, -0.25) is 4.79 Å². The van der Waals surface area contributed by atoms with Crippen LogP contribution in [0.5, 0.6) is 0 Å². The van der Waals surface area contributed by atoms with E-state index in [1.807, 2.05) is 11.8 Å². The Morgan fingerprint density at radius 2 is 2.00 bits per heavy atom. The lowest BCUT2D eigenvalue weighted by Crippen LogP contribution is -2.47. The third-order valence-corrected chi connectivity index (χ3v) is 5.82. The highest BCUT2D eigenvalue weighted by atomic mass is 32.2. The molecule has 0 aromatic heterocycles. The molecule has 0 aromatic rings. The maximum absolute atomic E-state index is 12.4. The molecule has 3 nitrogen and oxygen atoms in total. The third kappa shape index (κ3) is 4.38. The summed E-state index contributed by atoms with van der Waals surface area (Å²) in [5.74, 6) is 1.58. The topological polar surface area (TPSA) is 55.1 Å². The van der Waals surface area contributed by atoms with Crippen molar-refractivity contribution in [1.82, 2.24) is 5.32 Å². The Bertz CT molecular complexity index is 296. The second-order valence-electron chi connectivity index (χ2n) is 6.02. The maximum atomic E-state index is 12.4. The van der Waals surface area contributed by atoms with Crippen LogP contribution in [-0.4, -0.2) is 29.0 Å². The van der Waals surface area contributed by atoms with Crippen LogP contribution in [0, 0.1) is 5.92 Å². The van der Waals surface area contributed by atoms with Crippen LogP contribution >= 0.6 is 11.8 Å². The van der Waals surface area contributed by atoms with Crippen molar-refractivity contribution in [3.8, 4) is 0 Å². The normalized spacial score (nSPS) is 35.9. The monoisotopic (exact) mass is 284 g/mol. The van der Waals surface area contributed by atoms with Gasteiger partial charge in [-0.15, -0.1) is 0 Å². The van der Waals surface area contributed by atoms with E-state index < -0.39 is 0 Å². The van der Waals surface area contributed by atoms with Crippen LogP contribution in [0.1, 0.15) is 58.3 Å². The first kappa shape index (κ1) is 15.2. The number of thioether (sulfide) groups is 1. The highest BCUT2D eigenvalue weighted by molar-refractivity contribution is 7.99. The van der Waals surface area contributed by atoms with Gasteiger partial charge >= 0.3 is 0 Å². The van der Waals surface area contributed by atoms with Gasteiger partial charge in [0.1, 0.15) is 0 Å². The van der Waals surface area contributed by atoms with E-state index in [0.29, 0.717) is 11.3 Å². The first-order valence-electron chi connectivity index (χ1n) is 7.88. The molecule has 0 heterocycles. The Morgan fingerprint density at radius 3 is 2.74 bits per heavy atom. The lowest BCUT2D eigenvalue weighted by Gasteiger charge is -2.34. The SMILES string of the molecule is CCSC1CCCCC1NC(=O)C1CCCC(N)C1. The molecule has 19 heavy (non-hydrogen) atoms. The van der Waals surface area contributed by atoms with Gasteiger partial charge in [-0.25, -0.2) is 0 Å². The zero-order valence-corrected chi connectivity index (χ0v) is 12.9. The van der Waals surface area contributed by atoms with Crippen molar-refractivity contribution in [3.63, 3.8) is 0 Å². The minimum Gasteiger partial charge on any atom is -0.352 e. The molecule has 2 fully saturated rings. The average Bonchev–Trinajstić information content (AvgIpc) is 2.41. The minimum atomic E-state index is 0.165. The first-order chi connectivity index (χ1) is 9.20. The van der Waals surface area contributed by atoms with Crippen LogP contribution in [0.2, 0.25) is 0 Å². The van der Waals surface area contributed by atoms with Crippen molar-refractivity contribution in [2.45, 2.75) is 75.6 Å². The molecule has 0 radical (unpaired) electrons. The molecule has 2 aliphatic carbocycles. The van der Waals surface area contributed by atoms with Crippen LogP contribution in [0.15, 0.2) is 0 Å². The number of nitrogens with one attached hydrogen (secondary N) is 1. The lowest BCUT2D eigenvalue weighted by atomic mass is 9.85. The highest BCUT2D eigenvalue weighted by Crippen LogP contribution is 2.30. The van der Waals surface area contributed by atoms with Gasteiger partial charge in [0.2, 0.25) is 5.91 Å². The maximum Gasteiger partial charge on any atom is 0.223 e. The van der Waals surface area contributed by atoms with E-state index in [-0.39, 0.29) is 17.9 Å². The third-order valence-electron chi connectivity index (χ3n) is 4.50. The fourth-order valence-electron chi connectivity index (χ4n) is 3.44. The molecule has 2 aliphatic rings. The first-order valence-corrected chi connectivity index (χ1v) is 8.93. The van der Waals surface area contributed by atoms with E-state index in [1.165, 1.54) is 19.3 Å². The standard InChI is InChI=1S/C15H28N2OS/c1-2-19-14-9-4-3-8-13(14)17-15(18)11-6-5-7-12(16)10-11/h11-14H,2-10,16H2,1H3,(H,17,18). The molecule has 4 heteroatoms. The van der Waals surface area contributed by atoms with Crippen molar-refractivity contribution in [1.29, 1.82) is 0 Å². The number of rotatable bonds is 4. The summed E-state index contributed by atoms with van der Waals surface area (Å²) < 4.78 is 0. The number of carbonyl (C=O) groups is 1. The Kier molecular flexibility index (Phi) is 6.02. The van der Waals surface area contributed by atoms with Gasteiger partial charge in [0.15, 0.2) is 0 Å². The Labute approximate surface area is 121 Å². The van der Waals surface area contributed by atoms with E-state index in [4.69, 9.17) is 5.73 Å². The van der Waals surface area contributed by atoms with Crippen molar-refractivity contribution in [2.75, 3.05) is 5.75 Å². The highest BCUT2D eigenvalue weighted by Gasteiger charge is 2.30. The summed E-state index contributed by atoms with van der Waals surface area (Å²) in [5, 5.41) is 3.95. The van der Waals surface area contributed by atoms with Crippen LogP contribution in [0.4, 0.5) is 0 Å². The number of hydrogen-bond acceptors (Lipinski definition) is 3. The molecule has 110 valence electrons. The summed E-state index contributed by atoms with van der Waals surface area (Å²) in [7, 11) is 0. The lowest BCUT2D eigenvalue weighted by molar-refractivity contribution is -0.127. The minimum absolute atomic E-state index is 0.165. The second kappa shape index (κ2) is 7.53. The van der Waals surface area contributed by atoms with Gasteiger partial charge in [-0.05, 0) is 37.9 Å². The van der Waals surface area contributed by atoms with Gasteiger partial charge in [-0.2, -0.15) is 11.8 Å². The zero-order chi connectivity index (χ0) is 13.7. The van der Waals surface area contributed by atoms with E-state index >= 15 is 0 Å². The molecule has 0 saturated heterocycles. The van der Waals surface area contributed by atoms with Crippen molar-refractivity contribution in [2.24, 2.45) is 11.7 Å². The van der Waals surface area contributed by atoms with Crippen LogP contribution in [-0.2, 0) is 4.79 Å². The summed E-state index contributed by atoms with van der Waals surface area (Å²) in [4.78, 5) is 12.4. The van der Waals surface area contributed by atoms with Crippen LogP contribution in [0.25, 0.3) is 0 Å². The Hall–Kier alpha value is -0.220. The van der Waals surface area contributed by atoms with Gasteiger partial charge in [-0.1, -0.05) is 26.2 Å². The second-order valence-corrected chi connectivity index (χ2v) is 7.53. The van der Waals surface area contributed by atoms with Gasteiger partial charge in [0.25, 0.3) is 0 Å². The molecule has 2 rings (SSSR count). The predicted molar refractivity (Wildman–Crippen MR) is 82.3 cm³/mol. The summed E-state index contributed by atoms with van der Waals surface area (Å²) in [6.07, 6.45) is 9.09. The Morgan fingerprint density at radius 1 is 1.21 bits per heavy atom. The molecule has 0 spiro atoms. The number of hydrogen-bond donors (Lipinski definition) is 2. The quantitative estimate of drug-likeness (QED) is 0.834. The molecule has 0 aromatic carbocycles. The summed E-state index contributed by atoms with van der Waals surface area (Å²) in [5.41, 5.74) is 5.99. The number of carbonyl (C=O) groups excluding carboxylic acids is 1. The van der Waals surface area contributed by atoms with E-state index in [1.54, 1.807) is 0 Å². The molecule has 1 amide bonds. The fraction of sp³-hybridized carbons (Fsp3) is 0.933. The average molecular weight is 284 g/mol. The van der Waals surface area contributed by atoms with E-state index in [0.717, 1.165) is 37.9 Å². The molecule has 2 saturated carbocycles. The summed E-state index contributed by atoms with van der Waals surface area (Å²) >= 11 is 2.01. The Balaban J connectivity index is 1.85. The summed E-state index contributed by atoms with van der Waals surface area (Å²) in [6, 6.07) is 0.626. The molecular weight excluding hydrogens is 256 g/mol. The van der Waals surface area contributed by atoms with Crippen LogP contribution in [0.3, 0.4) is 0 Å². The summed E-state index contributed by atoms with van der Waals surface area (Å²) in [6.45, 7) is 2.21. The van der Waals surface area contributed by atoms with Gasteiger partial charge in [0.05, 0.1) is 0 Å². The molecule has 0 bridgehead atoms. The number of amides is 1. The molecule has 4 atom stereocenters. The molecular formula is C15H28N2OS. The van der Waals surface area contributed by atoms with Crippen molar-refractivity contribution >= 4 is 17.7 Å². The van der Waals surface area contributed by atoms with Crippen molar-refractivity contribution < 1.29 is 4.79 Å².